The number of rotatable bonds is 5. The number of benzene rings is 1. The van der Waals surface area contributed by atoms with E-state index in [0.29, 0.717) is 17.3 Å². The summed E-state index contributed by atoms with van der Waals surface area (Å²) in [6, 6.07) is 12.6. The number of hydrogen-bond acceptors (Lipinski definition) is 3. The summed E-state index contributed by atoms with van der Waals surface area (Å²) in [7, 11) is 0. The number of hydrogen-bond donors (Lipinski definition) is 2. The molecule has 0 bridgehead atoms. The fourth-order valence-electron chi connectivity index (χ4n) is 1.89. The van der Waals surface area contributed by atoms with E-state index < -0.39 is 5.97 Å². The summed E-state index contributed by atoms with van der Waals surface area (Å²) >= 11 is 6.13. The van der Waals surface area contributed by atoms with Crippen LogP contribution in [0.15, 0.2) is 42.5 Å². The molecule has 2 rings (SSSR count). The molecule has 4 nitrogen and oxygen atoms in total. The van der Waals surface area contributed by atoms with Gasteiger partial charge in [-0.15, -0.1) is 0 Å². The summed E-state index contributed by atoms with van der Waals surface area (Å²) in [5.74, 6) is -1.02. The van der Waals surface area contributed by atoms with Crippen LogP contribution in [0.1, 0.15) is 34.7 Å². The SMILES string of the molecule is C[C@@H](NCc1cccc(C(=O)O)n1)c1ccccc1Cl. The molecule has 0 unspecified atom stereocenters. The van der Waals surface area contributed by atoms with Gasteiger partial charge >= 0.3 is 5.97 Å². The molecule has 1 atom stereocenters. The first kappa shape index (κ1) is 14.5. The zero-order valence-corrected chi connectivity index (χ0v) is 11.8. The minimum absolute atomic E-state index is 0.0506. The van der Waals surface area contributed by atoms with Gasteiger partial charge in [0.15, 0.2) is 0 Å². The average molecular weight is 291 g/mol. The highest BCUT2D eigenvalue weighted by atomic mass is 35.5. The second kappa shape index (κ2) is 6.50. The van der Waals surface area contributed by atoms with E-state index in [1.54, 1.807) is 12.1 Å². The quantitative estimate of drug-likeness (QED) is 0.887. The van der Waals surface area contributed by atoms with Crippen molar-refractivity contribution in [2.24, 2.45) is 0 Å². The predicted molar refractivity (Wildman–Crippen MR) is 77.9 cm³/mol. The van der Waals surface area contributed by atoms with Crippen LogP contribution in [0.2, 0.25) is 5.02 Å². The molecule has 1 aromatic carbocycles. The molecule has 2 N–H and O–H groups in total. The minimum Gasteiger partial charge on any atom is -0.477 e. The molecule has 0 spiro atoms. The van der Waals surface area contributed by atoms with Gasteiger partial charge in [-0.2, -0.15) is 0 Å². The molecular weight excluding hydrogens is 276 g/mol. The van der Waals surface area contributed by atoms with E-state index in [0.717, 1.165) is 5.56 Å². The van der Waals surface area contributed by atoms with E-state index in [2.05, 4.69) is 10.3 Å². The number of aromatic nitrogens is 1. The fraction of sp³-hybridized carbons (Fsp3) is 0.200. The summed E-state index contributed by atoms with van der Waals surface area (Å²) in [6.07, 6.45) is 0. The Labute approximate surface area is 122 Å². The highest BCUT2D eigenvalue weighted by Crippen LogP contribution is 2.22. The van der Waals surface area contributed by atoms with Crippen LogP contribution >= 0.6 is 11.6 Å². The number of carbonyl (C=O) groups is 1. The number of pyridine rings is 1. The molecule has 0 amide bonds. The number of nitrogens with one attached hydrogen (secondary N) is 1. The lowest BCUT2D eigenvalue weighted by Crippen LogP contribution is -2.19. The normalized spacial score (nSPS) is 12.1. The van der Waals surface area contributed by atoms with Gasteiger partial charge in [-0.05, 0) is 30.7 Å². The molecule has 0 aliphatic heterocycles. The van der Waals surface area contributed by atoms with Gasteiger partial charge in [0.05, 0.1) is 5.69 Å². The van der Waals surface area contributed by atoms with E-state index in [4.69, 9.17) is 16.7 Å². The van der Waals surface area contributed by atoms with Crippen molar-refractivity contribution < 1.29 is 9.90 Å². The molecular formula is C15H15ClN2O2. The Hall–Kier alpha value is -1.91. The van der Waals surface area contributed by atoms with Crippen molar-refractivity contribution in [3.8, 4) is 0 Å². The Morgan fingerprint density at radius 1 is 1.30 bits per heavy atom. The van der Waals surface area contributed by atoms with Crippen molar-refractivity contribution in [3.63, 3.8) is 0 Å². The molecule has 0 saturated heterocycles. The smallest absolute Gasteiger partial charge is 0.354 e. The Balaban J connectivity index is 2.04. The van der Waals surface area contributed by atoms with E-state index in [-0.39, 0.29) is 11.7 Å². The average Bonchev–Trinajstić information content (AvgIpc) is 2.45. The third-order valence-corrected chi connectivity index (χ3v) is 3.33. The number of nitrogens with zero attached hydrogens (tertiary/aromatic N) is 1. The lowest BCUT2D eigenvalue weighted by Gasteiger charge is -2.15. The van der Waals surface area contributed by atoms with Crippen molar-refractivity contribution in [2.75, 3.05) is 0 Å². The standard InChI is InChI=1S/C15H15ClN2O2/c1-10(12-6-2-3-7-13(12)16)17-9-11-5-4-8-14(18-11)15(19)20/h2-8,10,17H,9H2,1H3,(H,19,20)/t10-/m1/s1. The van der Waals surface area contributed by atoms with Crippen LogP contribution in [0, 0.1) is 0 Å². The zero-order valence-electron chi connectivity index (χ0n) is 11.0. The monoisotopic (exact) mass is 290 g/mol. The van der Waals surface area contributed by atoms with Crippen molar-refractivity contribution in [1.82, 2.24) is 10.3 Å². The Kier molecular flexibility index (Phi) is 4.71. The first-order valence-electron chi connectivity index (χ1n) is 6.25. The van der Waals surface area contributed by atoms with E-state index in [1.807, 2.05) is 31.2 Å². The van der Waals surface area contributed by atoms with Gasteiger partial charge in [0.2, 0.25) is 0 Å². The van der Waals surface area contributed by atoms with Gasteiger partial charge in [-0.3, -0.25) is 0 Å². The van der Waals surface area contributed by atoms with Gasteiger partial charge in [0.1, 0.15) is 5.69 Å². The lowest BCUT2D eigenvalue weighted by atomic mass is 10.1. The largest absolute Gasteiger partial charge is 0.477 e. The van der Waals surface area contributed by atoms with Gasteiger partial charge in [0.25, 0.3) is 0 Å². The molecule has 0 saturated carbocycles. The third kappa shape index (κ3) is 3.56. The van der Waals surface area contributed by atoms with Crippen LogP contribution in [0.5, 0.6) is 0 Å². The fourth-order valence-corrected chi connectivity index (χ4v) is 2.19. The van der Waals surface area contributed by atoms with Gasteiger partial charge in [0, 0.05) is 17.6 Å². The second-order valence-electron chi connectivity index (χ2n) is 4.44. The maximum atomic E-state index is 10.9. The van der Waals surface area contributed by atoms with Crippen molar-refractivity contribution in [3.05, 3.63) is 64.4 Å². The molecule has 0 radical (unpaired) electrons. The summed E-state index contributed by atoms with van der Waals surface area (Å²) in [4.78, 5) is 14.9. The molecule has 0 aliphatic carbocycles. The van der Waals surface area contributed by atoms with Gasteiger partial charge < -0.3 is 10.4 Å². The molecule has 0 aliphatic rings. The van der Waals surface area contributed by atoms with Crippen LogP contribution in [0.3, 0.4) is 0 Å². The zero-order chi connectivity index (χ0) is 14.5. The number of carboxylic acids is 1. The summed E-state index contributed by atoms with van der Waals surface area (Å²) in [5.41, 5.74) is 1.74. The van der Waals surface area contributed by atoms with Gasteiger partial charge in [-0.1, -0.05) is 35.9 Å². The second-order valence-corrected chi connectivity index (χ2v) is 4.85. The topological polar surface area (TPSA) is 62.2 Å². The van der Waals surface area contributed by atoms with Gasteiger partial charge in [-0.25, -0.2) is 9.78 Å². The van der Waals surface area contributed by atoms with E-state index in [9.17, 15) is 4.79 Å². The molecule has 1 heterocycles. The Morgan fingerprint density at radius 3 is 2.75 bits per heavy atom. The first-order valence-corrected chi connectivity index (χ1v) is 6.63. The number of aromatic carboxylic acids is 1. The van der Waals surface area contributed by atoms with E-state index in [1.165, 1.54) is 6.07 Å². The number of carboxylic acid groups (broad SMARTS) is 1. The van der Waals surface area contributed by atoms with Crippen LogP contribution < -0.4 is 5.32 Å². The molecule has 5 heteroatoms. The molecule has 2 aromatic rings. The minimum atomic E-state index is -1.02. The van der Waals surface area contributed by atoms with Crippen LogP contribution in [0.25, 0.3) is 0 Å². The highest BCUT2D eigenvalue weighted by Gasteiger charge is 2.10. The summed E-state index contributed by atoms with van der Waals surface area (Å²) in [6.45, 7) is 2.48. The summed E-state index contributed by atoms with van der Waals surface area (Å²) in [5, 5.41) is 12.9. The lowest BCUT2D eigenvalue weighted by molar-refractivity contribution is 0.0690. The molecule has 0 fully saturated rings. The van der Waals surface area contributed by atoms with Crippen molar-refractivity contribution in [1.29, 1.82) is 0 Å². The van der Waals surface area contributed by atoms with Crippen LogP contribution in [-0.2, 0) is 6.54 Å². The molecule has 20 heavy (non-hydrogen) atoms. The molecule has 104 valence electrons. The predicted octanol–water partition coefficient (Wildman–Crippen LogP) is 3.28. The van der Waals surface area contributed by atoms with Crippen LogP contribution in [-0.4, -0.2) is 16.1 Å². The Bertz CT molecular complexity index is 616. The maximum absolute atomic E-state index is 10.9. The van der Waals surface area contributed by atoms with Crippen molar-refractivity contribution in [2.45, 2.75) is 19.5 Å². The first-order chi connectivity index (χ1) is 9.58. The Morgan fingerprint density at radius 2 is 2.05 bits per heavy atom. The van der Waals surface area contributed by atoms with E-state index >= 15 is 0 Å². The summed E-state index contributed by atoms with van der Waals surface area (Å²) < 4.78 is 0. The maximum Gasteiger partial charge on any atom is 0.354 e. The molecule has 1 aromatic heterocycles. The highest BCUT2D eigenvalue weighted by molar-refractivity contribution is 6.31. The van der Waals surface area contributed by atoms with Crippen molar-refractivity contribution >= 4 is 17.6 Å². The van der Waals surface area contributed by atoms with Crippen LogP contribution in [0.4, 0.5) is 0 Å². The number of halogens is 1. The third-order valence-electron chi connectivity index (χ3n) is 2.99.